The summed E-state index contributed by atoms with van der Waals surface area (Å²) in [6, 6.07) is 29.6. The Kier molecular flexibility index (Phi) is 9.24. The largest absolute Gasteiger partial charge is 0.345 e. The average molecular weight is 570 g/mol. The molecule has 2 amide bonds. The Morgan fingerprint density at radius 2 is 1.37 bits per heavy atom. The molecule has 0 saturated carbocycles. The van der Waals surface area contributed by atoms with Gasteiger partial charge in [-0.05, 0) is 67.3 Å². The van der Waals surface area contributed by atoms with Crippen molar-refractivity contribution in [1.82, 2.24) is 5.32 Å². The van der Waals surface area contributed by atoms with Gasteiger partial charge in [0.25, 0.3) is 15.9 Å². The molecular weight excluding hydrogens is 534 g/mol. The second-order valence-electron chi connectivity index (χ2n) is 10.3. The number of para-hydroxylation sites is 1. The molecule has 0 bridgehead atoms. The first-order valence-electron chi connectivity index (χ1n) is 13.5. The molecule has 0 aliphatic carbocycles. The number of carbonyl (C=O) groups excluding carboxylic acids is 2. The molecule has 0 heterocycles. The number of aryl methyl sites for hydroxylation is 1. The van der Waals surface area contributed by atoms with Crippen molar-refractivity contribution >= 4 is 33.2 Å². The van der Waals surface area contributed by atoms with Crippen molar-refractivity contribution in [2.24, 2.45) is 0 Å². The van der Waals surface area contributed by atoms with Gasteiger partial charge in [-0.2, -0.15) is 0 Å². The van der Waals surface area contributed by atoms with Crippen molar-refractivity contribution in [1.29, 1.82) is 0 Å². The Labute approximate surface area is 242 Å². The molecule has 1 atom stereocenters. The van der Waals surface area contributed by atoms with E-state index in [1.54, 1.807) is 48.5 Å². The molecule has 0 aliphatic heterocycles. The lowest BCUT2D eigenvalue weighted by Gasteiger charge is -2.25. The lowest BCUT2D eigenvalue weighted by Crippen LogP contribution is -2.38. The van der Waals surface area contributed by atoms with E-state index >= 15 is 0 Å². The highest BCUT2D eigenvalue weighted by molar-refractivity contribution is 7.92. The molecule has 7 nitrogen and oxygen atoms in total. The summed E-state index contributed by atoms with van der Waals surface area (Å²) in [5.41, 5.74) is 3.85. The molecule has 41 heavy (non-hydrogen) atoms. The number of carbonyl (C=O) groups is 2. The van der Waals surface area contributed by atoms with Crippen LogP contribution in [0.4, 0.5) is 11.4 Å². The molecule has 4 rings (SSSR count). The smallest absolute Gasteiger partial charge is 0.264 e. The van der Waals surface area contributed by atoms with E-state index in [4.69, 9.17) is 0 Å². The number of benzene rings is 4. The second-order valence-corrected chi connectivity index (χ2v) is 12.1. The van der Waals surface area contributed by atoms with Crippen molar-refractivity contribution in [3.63, 3.8) is 0 Å². The van der Waals surface area contributed by atoms with Gasteiger partial charge in [-0.3, -0.25) is 13.9 Å². The van der Waals surface area contributed by atoms with Crippen LogP contribution in [0.3, 0.4) is 0 Å². The Hall–Kier alpha value is -4.43. The summed E-state index contributed by atoms with van der Waals surface area (Å²) in [4.78, 5) is 26.6. The molecule has 0 unspecified atom stereocenters. The molecule has 0 radical (unpaired) electrons. The molecule has 0 aliphatic rings. The van der Waals surface area contributed by atoms with Gasteiger partial charge in [-0.15, -0.1) is 0 Å². The molecule has 0 fully saturated rings. The number of nitrogens with zero attached hydrogens (tertiary/aromatic N) is 1. The van der Waals surface area contributed by atoms with Crippen LogP contribution in [0.5, 0.6) is 0 Å². The zero-order valence-electron chi connectivity index (χ0n) is 23.7. The first-order valence-corrected chi connectivity index (χ1v) is 14.9. The number of hydrogen-bond donors (Lipinski definition) is 2. The van der Waals surface area contributed by atoms with Crippen molar-refractivity contribution in [3.8, 4) is 0 Å². The van der Waals surface area contributed by atoms with Crippen LogP contribution in [0.2, 0.25) is 0 Å². The molecule has 4 aromatic carbocycles. The molecule has 212 valence electrons. The predicted molar refractivity (Wildman–Crippen MR) is 164 cm³/mol. The summed E-state index contributed by atoms with van der Waals surface area (Å²) in [7, 11) is -4.07. The van der Waals surface area contributed by atoms with Gasteiger partial charge in [0, 0.05) is 0 Å². The fourth-order valence-electron chi connectivity index (χ4n) is 4.39. The van der Waals surface area contributed by atoms with Crippen molar-refractivity contribution in [2.45, 2.75) is 44.6 Å². The maximum absolute atomic E-state index is 13.8. The highest BCUT2D eigenvalue weighted by atomic mass is 32.2. The SMILES string of the molecule is Cc1ccc(S(=O)(=O)N(CC(=O)Nc2ccccc2C(=O)N[C@H](C)c2ccccc2)c2ccc(C(C)C)cc2)cc1. The zero-order valence-corrected chi connectivity index (χ0v) is 24.5. The number of nitrogens with one attached hydrogen (secondary N) is 2. The summed E-state index contributed by atoms with van der Waals surface area (Å²) in [6.45, 7) is 7.38. The van der Waals surface area contributed by atoms with Crippen LogP contribution in [0.15, 0.2) is 108 Å². The Morgan fingerprint density at radius 3 is 2.00 bits per heavy atom. The van der Waals surface area contributed by atoms with E-state index in [2.05, 4.69) is 24.5 Å². The predicted octanol–water partition coefficient (Wildman–Crippen LogP) is 6.44. The quantitative estimate of drug-likeness (QED) is 0.230. The Morgan fingerprint density at radius 1 is 0.756 bits per heavy atom. The van der Waals surface area contributed by atoms with E-state index in [1.807, 2.05) is 56.3 Å². The summed E-state index contributed by atoms with van der Waals surface area (Å²) in [5, 5.41) is 5.72. The summed E-state index contributed by atoms with van der Waals surface area (Å²) in [6.07, 6.45) is 0. The third-order valence-corrected chi connectivity index (χ3v) is 8.62. The Bertz CT molecular complexity index is 1600. The molecule has 2 N–H and O–H groups in total. The van der Waals surface area contributed by atoms with Crippen LogP contribution in [0, 0.1) is 6.92 Å². The fraction of sp³-hybridized carbons (Fsp3) is 0.212. The number of amides is 2. The van der Waals surface area contributed by atoms with Gasteiger partial charge in [0.2, 0.25) is 5.91 Å². The molecule has 0 saturated heterocycles. The van der Waals surface area contributed by atoms with E-state index in [0.717, 1.165) is 21.0 Å². The van der Waals surface area contributed by atoms with Crippen LogP contribution >= 0.6 is 0 Å². The first-order chi connectivity index (χ1) is 19.6. The van der Waals surface area contributed by atoms with Crippen molar-refractivity contribution in [3.05, 3.63) is 125 Å². The van der Waals surface area contributed by atoms with Crippen LogP contribution in [-0.4, -0.2) is 26.8 Å². The van der Waals surface area contributed by atoms with Crippen LogP contribution in [0.25, 0.3) is 0 Å². The summed E-state index contributed by atoms with van der Waals surface area (Å²) < 4.78 is 28.6. The van der Waals surface area contributed by atoms with Crippen LogP contribution < -0.4 is 14.9 Å². The van der Waals surface area contributed by atoms with Gasteiger partial charge in [-0.25, -0.2) is 8.42 Å². The average Bonchev–Trinajstić information content (AvgIpc) is 2.97. The number of sulfonamides is 1. The monoisotopic (exact) mass is 569 g/mol. The van der Waals surface area contributed by atoms with E-state index in [1.165, 1.54) is 12.1 Å². The second kappa shape index (κ2) is 12.8. The van der Waals surface area contributed by atoms with E-state index in [0.29, 0.717) is 5.69 Å². The minimum Gasteiger partial charge on any atom is -0.345 e. The van der Waals surface area contributed by atoms with Gasteiger partial charge in [0.05, 0.1) is 27.9 Å². The van der Waals surface area contributed by atoms with Gasteiger partial charge in [0.15, 0.2) is 0 Å². The Balaban J connectivity index is 1.59. The molecule has 0 spiro atoms. The maximum atomic E-state index is 13.8. The van der Waals surface area contributed by atoms with Crippen molar-refractivity contribution in [2.75, 3.05) is 16.2 Å². The molecular formula is C33H35N3O4S. The van der Waals surface area contributed by atoms with Gasteiger partial charge < -0.3 is 10.6 Å². The van der Waals surface area contributed by atoms with Crippen LogP contribution in [0.1, 0.15) is 59.8 Å². The number of anilines is 2. The molecule has 8 heteroatoms. The topological polar surface area (TPSA) is 95.6 Å². The lowest BCUT2D eigenvalue weighted by molar-refractivity contribution is -0.114. The first kappa shape index (κ1) is 29.6. The minimum absolute atomic E-state index is 0.0820. The van der Waals surface area contributed by atoms with Crippen LogP contribution in [-0.2, 0) is 14.8 Å². The van der Waals surface area contributed by atoms with Gasteiger partial charge in [0.1, 0.15) is 6.54 Å². The zero-order chi connectivity index (χ0) is 29.6. The summed E-state index contributed by atoms with van der Waals surface area (Å²) >= 11 is 0. The highest BCUT2D eigenvalue weighted by Crippen LogP contribution is 2.27. The fourth-order valence-corrected chi connectivity index (χ4v) is 5.81. The third kappa shape index (κ3) is 7.21. The van der Waals surface area contributed by atoms with Crippen molar-refractivity contribution < 1.29 is 18.0 Å². The maximum Gasteiger partial charge on any atom is 0.264 e. The number of rotatable bonds is 10. The normalized spacial score (nSPS) is 12.0. The lowest BCUT2D eigenvalue weighted by atomic mass is 10.0. The number of hydrogen-bond acceptors (Lipinski definition) is 4. The van der Waals surface area contributed by atoms with E-state index < -0.39 is 22.5 Å². The van der Waals surface area contributed by atoms with Gasteiger partial charge in [-0.1, -0.05) is 86.1 Å². The molecule has 4 aromatic rings. The summed E-state index contributed by atoms with van der Waals surface area (Å²) in [5.74, 6) is -0.669. The van der Waals surface area contributed by atoms with E-state index in [-0.39, 0.29) is 34.0 Å². The third-order valence-electron chi connectivity index (χ3n) is 6.84. The molecule has 0 aromatic heterocycles. The van der Waals surface area contributed by atoms with E-state index in [9.17, 15) is 18.0 Å². The minimum atomic E-state index is -4.07. The van der Waals surface area contributed by atoms with Gasteiger partial charge >= 0.3 is 0 Å². The highest BCUT2D eigenvalue weighted by Gasteiger charge is 2.28. The standard InChI is InChI=1S/C33H35N3O4S/c1-23(2)26-16-18-28(19-17-26)36(41(39,40)29-20-14-24(3)15-21-29)22-32(37)35-31-13-9-8-12-30(31)33(38)34-25(4)27-10-6-5-7-11-27/h5-21,23,25H,22H2,1-4H3,(H,34,38)(H,35,37)/t25-/m1/s1.